The maximum absolute atomic E-state index is 12.6. The van der Waals surface area contributed by atoms with Gasteiger partial charge in [-0.1, -0.05) is 35.9 Å². The van der Waals surface area contributed by atoms with Crippen molar-refractivity contribution in [3.63, 3.8) is 0 Å². The van der Waals surface area contributed by atoms with Crippen LogP contribution in [0.25, 0.3) is 0 Å². The topological polar surface area (TPSA) is 46.2 Å². The van der Waals surface area contributed by atoms with Gasteiger partial charge in [-0.15, -0.1) is 0 Å². The number of anilines is 1. The molecule has 21 heavy (non-hydrogen) atoms. The van der Waals surface area contributed by atoms with Crippen molar-refractivity contribution in [3.05, 3.63) is 64.2 Å². The van der Waals surface area contributed by atoms with Gasteiger partial charge in [-0.2, -0.15) is 13.2 Å². The van der Waals surface area contributed by atoms with Crippen molar-refractivity contribution in [2.24, 2.45) is 0 Å². The van der Waals surface area contributed by atoms with Crippen LogP contribution in [-0.4, -0.2) is 5.11 Å². The molecule has 0 aliphatic carbocycles. The lowest BCUT2D eigenvalue weighted by Gasteiger charge is -2.15. The van der Waals surface area contributed by atoms with Gasteiger partial charge < -0.3 is 10.8 Å². The first-order valence-electron chi connectivity index (χ1n) is 6.16. The molecule has 2 aromatic carbocycles. The van der Waals surface area contributed by atoms with E-state index in [9.17, 15) is 18.3 Å². The normalized spacial score (nSPS) is 13.2. The Hall–Kier alpha value is -1.72. The molecule has 0 amide bonds. The van der Waals surface area contributed by atoms with Crippen molar-refractivity contribution < 1.29 is 18.3 Å². The molecule has 112 valence electrons. The molecule has 2 nitrogen and oxygen atoms in total. The van der Waals surface area contributed by atoms with E-state index in [1.165, 1.54) is 18.2 Å². The molecular formula is C15H13ClF3NO. The van der Waals surface area contributed by atoms with Crippen LogP contribution in [0.15, 0.2) is 42.5 Å². The summed E-state index contributed by atoms with van der Waals surface area (Å²) in [5, 5.41) is 10.6. The van der Waals surface area contributed by atoms with Gasteiger partial charge in [0, 0.05) is 22.7 Å². The van der Waals surface area contributed by atoms with E-state index >= 15 is 0 Å². The van der Waals surface area contributed by atoms with Crippen LogP contribution >= 0.6 is 11.6 Å². The van der Waals surface area contributed by atoms with E-state index in [0.29, 0.717) is 21.8 Å². The molecule has 0 fully saturated rings. The molecule has 0 bridgehead atoms. The molecule has 0 saturated carbocycles. The first kappa shape index (κ1) is 15.7. The summed E-state index contributed by atoms with van der Waals surface area (Å²) >= 11 is 5.77. The minimum absolute atomic E-state index is 0.0375. The van der Waals surface area contributed by atoms with Gasteiger partial charge in [-0.3, -0.25) is 0 Å². The van der Waals surface area contributed by atoms with E-state index < -0.39 is 17.8 Å². The summed E-state index contributed by atoms with van der Waals surface area (Å²) in [6, 6.07) is 9.49. The summed E-state index contributed by atoms with van der Waals surface area (Å²) in [6.45, 7) is 0. The zero-order valence-electron chi connectivity index (χ0n) is 10.9. The Morgan fingerprint density at radius 3 is 2.48 bits per heavy atom. The molecule has 3 N–H and O–H groups in total. The predicted molar refractivity (Wildman–Crippen MR) is 76.0 cm³/mol. The van der Waals surface area contributed by atoms with Gasteiger partial charge in [-0.25, -0.2) is 0 Å². The van der Waals surface area contributed by atoms with Gasteiger partial charge in [0.05, 0.1) is 11.7 Å². The molecule has 0 aliphatic heterocycles. The fourth-order valence-electron chi connectivity index (χ4n) is 2.06. The van der Waals surface area contributed by atoms with Crippen LogP contribution in [0.1, 0.15) is 22.8 Å². The van der Waals surface area contributed by atoms with Gasteiger partial charge in [-0.05, 0) is 23.8 Å². The summed E-state index contributed by atoms with van der Waals surface area (Å²) in [5.74, 6) is 0. The van der Waals surface area contributed by atoms with Gasteiger partial charge in [0.1, 0.15) is 0 Å². The van der Waals surface area contributed by atoms with Crippen LogP contribution in [0, 0.1) is 0 Å². The Balaban J connectivity index is 2.21. The highest BCUT2D eigenvalue weighted by Gasteiger charge is 2.30. The fourth-order valence-corrected chi connectivity index (χ4v) is 2.24. The highest BCUT2D eigenvalue weighted by Crippen LogP contribution is 2.31. The van der Waals surface area contributed by atoms with Crippen LogP contribution < -0.4 is 5.73 Å². The molecule has 1 atom stereocenters. The van der Waals surface area contributed by atoms with Crippen LogP contribution in [-0.2, 0) is 12.6 Å². The highest BCUT2D eigenvalue weighted by atomic mass is 35.5. The summed E-state index contributed by atoms with van der Waals surface area (Å²) < 4.78 is 37.9. The third-order valence-corrected chi connectivity index (χ3v) is 3.33. The Morgan fingerprint density at radius 1 is 1.14 bits per heavy atom. The van der Waals surface area contributed by atoms with E-state index in [-0.39, 0.29) is 6.42 Å². The first-order valence-corrected chi connectivity index (χ1v) is 6.54. The first-order chi connectivity index (χ1) is 9.77. The zero-order valence-corrected chi connectivity index (χ0v) is 11.6. The molecule has 2 aromatic rings. The zero-order chi connectivity index (χ0) is 15.6. The summed E-state index contributed by atoms with van der Waals surface area (Å²) in [4.78, 5) is 0. The Labute approximate surface area is 125 Å². The van der Waals surface area contributed by atoms with Gasteiger partial charge in [0.2, 0.25) is 0 Å². The summed E-state index contributed by atoms with van der Waals surface area (Å²) in [7, 11) is 0. The minimum Gasteiger partial charge on any atom is -0.398 e. The van der Waals surface area contributed by atoms with E-state index in [1.54, 1.807) is 12.1 Å². The number of aliphatic hydroxyl groups excluding tert-OH is 1. The highest BCUT2D eigenvalue weighted by molar-refractivity contribution is 6.30. The molecule has 0 radical (unpaired) electrons. The lowest BCUT2D eigenvalue weighted by molar-refractivity contribution is -0.137. The third-order valence-electron chi connectivity index (χ3n) is 3.09. The average Bonchev–Trinajstić information content (AvgIpc) is 2.37. The number of hydrogen-bond acceptors (Lipinski definition) is 2. The number of halogens is 4. The van der Waals surface area contributed by atoms with Crippen molar-refractivity contribution in [1.82, 2.24) is 0 Å². The van der Waals surface area contributed by atoms with E-state index in [4.69, 9.17) is 17.3 Å². The molecule has 0 saturated heterocycles. The standard InChI is InChI=1S/C15H13ClF3NO/c16-11-4-5-12(13(20)8-11)14(21)7-9-2-1-3-10(6-9)15(17,18)19/h1-6,8,14,21H,7,20H2. The summed E-state index contributed by atoms with van der Waals surface area (Å²) in [6.07, 6.45) is -5.36. The maximum atomic E-state index is 12.6. The van der Waals surface area contributed by atoms with E-state index in [0.717, 1.165) is 12.1 Å². The number of aliphatic hydroxyl groups is 1. The second-order valence-electron chi connectivity index (χ2n) is 4.69. The van der Waals surface area contributed by atoms with Crippen LogP contribution in [0.4, 0.5) is 18.9 Å². The number of rotatable bonds is 3. The molecule has 0 spiro atoms. The number of nitrogens with two attached hydrogens (primary N) is 1. The van der Waals surface area contributed by atoms with Gasteiger partial charge in [0.25, 0.3) is 0 Å². The molecule has 0 aliphatic rings. The Morgan fingerprint density at radius 2 is 1.86 bits per heavy atom. The number of alkyl halides is 3. The minimum atomic E-state index is -4.40. The molecule has 0 heterocycles. The second-order valence-corrected chi connectivity index (χ2v) is 5.13. The molecule has 6 heteroatoms. The van der Waals surface area contributed by atoms with Crippen LogP contribution in [0.5, 0.6) is 0 Å². The van der Waals surface area contributed by atoms with Crippen molar-refractivity contribution in [2.75, 3.05) is 5.73 Å². The molecule has 1 unspecified atom stereocenters. The number of hydrogen-bond donors (Lipinski definition) is 2. The van der Waals surface area contributed by atoms with Crippen LogP contribution in [0.2, 0.25) is 5.02 Å². The van der Waals surface area contributed by atoms with Crippen molar-refractivity contribution in [3.8, 4) is 0 Å². The summed E-state index contributed by atoms with van der Waals surface area (Å²) in [5.41, 5.74) is 6.14. The smallest absolute Gasteiger partial charge is 0.398 e. The quantitative estimate of drug-likeness (QED) is 0.833. The van der Waals surface area contributed by atoms with E-state index in [1.807, 2.05) is 0 Å². The van der Waals surface area contributed by atoms with E-state index in [2.05, 4.69) is 0 Å². The van der Waals surface area contributed by atoms with Crippen molar-refractivity contribution in [1.29, 1.82) is 0 Å². The SMILES string of the molecule is Nc1cc(Cl)ccc1C(O)Cc1cccc(C(F)(F)F)c1. The average molecular weight is 316 g/mol. The largest absolute Gasteiger partial charge is 0.416 e. The van der Waals surface area contributed by atoms with Crippen LogP contribution in [0.3, 0.4) is 0 Å². The molecule has 2 rings (SSSR count). The third kappa shape index (κ3) is 3.89. The molecule has 0 aromatic heterocycles. The van der Waals surface area contributed by atoms with Crippen molar-refractivity contribution >= 4 is 17.3 Å². The van der Waals surface area contributed by atoms with Gasteiger partial charge >= 0.3 is 6.18 Å². The number of nitrogen functional groups attached to an aromatic ring is 1. The predicted octanol–water partition coefficient (Wildman–Crippen LogP) is 4.22. The van der Waals surface area contributed by atoms with Gasteiger partial charge in [0.15, 0.2) is 0 Å². The Bertz CT molecular complexity index is 643. The molecular weight excluding hydrogens is 303 g/mol. The monoisotopic (exact) mass is 315 g/mol. The fraction of sp³-hybridized carbons (Fsp3) is 0.200. The lowest BCUT2D eigenvalue weighted by Crippen LogP contribution is -2.08. The lowest BCUT2D eigenvalue weighted by atomic mass is 9.99. The number of benzene rings is 2. The Kier molecular flexibility index (Phi) is 4.44. The maximum Gasteiger partial charge on any atom is 0.416 e. The van der Waals surface area contributed by atoms with Crippen molar-refractivity contribution in [2.45, 2.75) is 18.7 Å². The second kappa shape index (κ2) is 5.95.